The second-order valence-corrected chi connectivity index (χ2v) is 5.65. The molecular weight excluding hydrogens is 312 g/mol. The Morgan fingerprint density at radius 1 is 1.47 bits per heavy atom. The lowest BCUT2D eigenvalue weighted by Gasteiger charge is -2.11. The van der Waals surface area contributed by atoms with E-state index in [0.717, 1.165) is 8.66 Å². The Morgan fingerprint density at radius 2 is 2.18 bits per heavy atom. The standard InChI is InChI=1S/C9H11BrN2O4S/c10-7-2-1-5(17-7)3-11-9(16)12-6(4-13)8(14)15/h1-2,6,13H,3-4H2,(H,14,15)(H2,11,12,16)/t6-/m0/s1. The van der Waals surface area contributed by atoms with E-state index in [-0.39, 0.29) is 0 Å². The molecule has 0 fully saturated rings. The highest BCUT2D eigenvalue weighted by molar-refractivity contribution is 9.11. The normalized spacial score (nSPS) is 11.9. The van der Waals surface area contributed by atoms with Crippen molar-refractivity contribution in [3.63, 3.8) is 0 Å². The first-order valence-corrected chi connectivity index (χ1v) is 6.26. The number of carbonyl (C=O) groups is 2. The van der Waals surface area contributed by atoms with Crippen LogP contribution in [0.4, 0.5) is 4.79 Å². The number of halogens is 1. The van der Waals surface area contributed by atoms with Crippen LogP contribution in [-0.2, 0) is 11.3 Å². The minimum absolute atomic E-state index is 0.305. The van der Waals surface area contributed by atoms with E-state index in [4.69, 9.17) is 10.2 Å². The number of hydrogen-bond acceptors (Lipinski definition) is 4. The molecule has 0 aliphatic rings. The van der Waals surface area contributed by atoms with Crippen LogP contribution >= 0.6 is 27.3 Å². The molecule has 1 aromatic rings. The molecule has 0 aliphatic heterocycles. The summed E-state index contributed by atoms with van der Waals surface area (Å²) in [7, 11) is 0. The third kappa shape index (κ3) is 4.72. The molecule has 0 bridgehead atoms. The van der Waals surface area contributed by atoms with E-state index in [9.17, 15) is 9.59 Å². The molecule has 2 amide bonds. The molecule has 94 valence electrons. The van der Waals surface area contributed by atoms with E-state index in [2.05, 4.69) is 26.6 Å². The van der Waals surface area contributed by atoms with Crippen molar-refractivity contribution in [2.24, 2.45) is 0 Å². The second kappa shape index (κ2) is 6.58. The van der Waals surface area contributed by atoms with E-state index in [1.807, 2.05) is 12.1 Å². The second-order valence-electron chi connectivity index (χ2n) is 3.11. The summed E-state index contributed by atoms with van der Waals surface area (Å²) in [6.07, 6.45) is 0. The van der Waals surface area contributed by atoms with Crippen LogP contribution in [0.15, 0.2) is 15.9 Å². The predicted molar refractivity (Wildman–Crippen MR) is 65.9 cm³/mol. The molecule has 0 radical (unpaired) electrons. The minimum atomic E-state index is -1.29. The van der Waals surface area contributed by atoms with E-state index in [1.54, 1.807) is 0 Å². The molecule has 0 aliphatic carbocycles. The van der Waals surface area contributed by atoms with Gasteiger partial charge in [-0.15, -0.1) is 11.3 Å². The summed E-state index contributed by atoms with van der Waals surface area (Å²) in [6.45, 7) is -0.340. The topological polar surface area (TPSA) is 98.7 Å². The van der Waals surface area contributed by atoms with E-state index < -0.39 is 24.6 Å². The molecular formula is C9H11BrN2O4S. The Labute approximate surface area is 110 Å². The lowest BCUT2D eigenvalue weighted by Crippen LogP contribution is -2.47. The smallest absolute Gasteiger partial charge is 0.328 e. The van der Waals surface area contributed by atoms with Crippen LogP contribution in [-0.4, -0.2) is 34.9 Å². The maximum atomic E-state index is 11.3. The van der Waals surface area contributed by atoms with Crippen molar-refractivity contribution in [2.75, 3.05) is 6.61 Å². The van der Waals surface area contributed by atoms with Crippen LogP contribution in [0.25, 0.3) is 0 Å². The summed E-state index contributed by atoms with van der Waals surface area (Å²) < 4.78 is 0.952. The van der Waals surface area contributed by atoms with Crippen LogP contribution in [0.1, 0.15) is 4.88 Å². The number of aliphatic carboxylic acids is 1. The fraction of sp³-hybridized carbons (Fsp3) is 0.333. The number of aliphatic hydroxyl groups excluding tert-OH is 1. The number of amides is 2. The number of carbonyl (C=O) groups excluding carboxylic acids is 1. The molecule has 0 spiro atoms. The number of thiophene rings is 1. The average molecular weight is 323 g/mol. The van der Waals surface area contributed by atoms with Crippen molar-refractivity contribution >= 4 is 39.3 Å². The number of hydrogen-bond donors (Lipinski definition) is 4. The van der Waals surface area contributed by atoms with E-state index >= 15 is 0 Å². The molecule has 1 rings (SSSR count). The highest BCUT2D eigenvalue weighted by Gasteiger charge is 2.18. The number of nitrogens with one attached hydrogen (secondary N) is 2. The third-order valence-corrected chi connectivity index (χ3v) is 3.46. The summed E-state index contributed by atoms with van der Waals surface area (Å²) in [4.78, 5) is 22.8. The molecule has 0 saturated carbocycles. The first-order valence-electron chi connectivity index (χ1n) is 4.65. The van der Waals surface area contributed by atoms with Gasteiger partial charge in [0.25, 0.3) is 0 Å². The first kappa shape index (κ1) is 13.9. The number of rotatable bonds is 5. The Morgan fingerprint density at radius 3 is 2.65 bits per heavy atom. The zero-order valence-corrected chi connectivity index (χ0v) is 11.0. The molecule has 0 aromatic carbocycles. The molecule has 4 N–H and O–H groups in total. The molecule has 6 nitrogen and oxygen atoms in total. The van der Waals surface area contributed by atoms with Gasteiger partial charge in [-0.3, -0.25) is 0 Å². The van der Waals surface area contributed by atoms with Crippen LogP contribution in [0.3, 0.4) is 0 Å². The lowest BCUT2D eigenvalue weighted by molar-refractivity contribution is -0.140. The molecule has 8 heteroatoms. The van der Waals surface area contributed by atoms with Crippen molar-refractivity contribution < 1.29 is 19.8 Å². The number of urea groups is 1. The third-order valence-electron chi connectivity index (χ3n) is 1.84. The Balaban J connectivity index is 2.37. The zero-order chi connectivity index (χ0) is 12.8. The fourth-order valence-electron chi connectivity index (χ4n) is 1.01. The fourth-order valence-corrected chi connectivity index (χ4v) is 2.43. The summed E-state index contributed by atoms with van der Waals surface area (Å²) in [5, 5.41) is 21.9. The highest BCUT2D eigenvalue weighted by atomic mass is 79.9. The van der Waals surface area contributed by atoms with Gasteiger partial charge in [0.05, 0.1) is 16.9 Å². The largest absolute Gasteiger partial charge is 0.480 e. The Kier molecular flexibility index (Phi) is 5.39. The number of carboxylic acid groups (broad SMARTS) is 1. The zero-order valence-electron chi connectivity index (χ0n) is 8.64. The van der Waals surface area contributed by atoms with Crippen molar-refractivity contribution in [3.05, 3.63) is 20.8 Å². The summed E-state index contributed by atoms with van der Waals surface area (Å²) in [5.74, 6) is -1.28. The van der Waals surface area contributed by atoms with Gasteiger partial charge in [-0.1, -0.05) is 0 Å². The van der Waals surface area contributed by atoms with Crippen LogP contribution in [0.2, 0.25) is 0 Å². The lowest BCUT2D eigenvalue weighted by atomic mass is 10.3. The molecule has 0 saturated heterocycles. The number of aliphatic hydroxyl groups is 1. The van der Waals surface area contributed by atoms with Crippen LogP contribution in [0, 0.1) is 0 Å². The van der Waals surface area contributed by atoms with Gasteiger partial charge < -0.3 is 20.8 Å². The molecule has 17 heavy (non-hydrogen) atoms. The number of carboxylic acids is 1. The highest BCUT2D eigenvalue weighted by Crippen LogP contribution is 2.21. The summed E-state index contributed by atoms with van der Waals surface area (Å²) >= 11 is 4.76. The Hall–Kier alpha value is -1.12. The maximum absolute atomic E-state index is 11.3. The van der Waals surface area contributed by atoms with Gasteiger partial charge in [0, 0.05) is 4.88 Å². The van der Waals surface area contributed by atoms with Crippen molar-refractivity contribution in [3.8, 4) is 0 Å². The predicted octanol–water partition coefficient (Wildman–Crippen LogP) is 0.755. The molecule has 1 aromatic heterocycles. The summed E-state index contributed by atoms with van der Waals surface area (Å²) in [5.41, 5.74) is 0. The van der Waals surface area contributed by atoms with Gasteiger partial charge in [0.1, 0.15) is 0 Å². The van der Waals surface area contributed by atoms with Gasteiger partial charge in [0.15, 0.2) is 6.04 Å². The van der Waals surface area contributed by atoms with E-state index in [1.165, 1.54) is 11.3 Å². The van der Waals surface area contributed by atoms with Gasteiger partial charge >= 0.3 is 12.0 Å². The van der Waals surface area contributed by atoms with Crippen molar-refractivity contribution in [2.45, 2.75) is 12.6 Å². The van der Waals surface area contributed by atoms with Gasteiger partial charge in [-0.25, -0.2) is 9.59 Å². The van der Waals surface area contributed by atoms with Crippen LogP contribution < -0.4 is 10.6 Å². The summed E-state index contributed by atoms with van der Waals surface area (Å²) in [6, 6.07) is 1.78. The Bertz CT molecular complexity index is 409. The van der Waals surface area contributed by atoms with Crippen LogP contribution in [0.5, 0.6) is 0 Å². The molecule has 1 heterocycles. The van der Waals surface area contributed by atoms with Crippen molar-refractivity contribution in [1.82, 2.24) is 10.6 Å². The van der Waals surface area contributed by atoms with Crippen molar-refractivity contribution in [1.29, 1.82) is 0 Å². The quantitative estimate of drug-likeness (QED) is 0.643. The molecule has 1 atom stereocenters. The maximum Gasteiger partial charge on any atom is 0.328 e. The minimum Gasteiger partial charge on any atom is -0.480 e. The first-order chi connectivity index (χ1) is 8.02. The SMILES string of the molecule is O=C(NCc1ccc(Br)s1)N[C@@H](CO)C(=O)O. The monoisotopic (exact) mass is 322 g/mol. The molecule has 0 unspecified atom stereocenters. The van der Waals surface area contributed by atoms with Gasteiger partial charge in [-0.2, -0.15) is 0 Å². The van der Waals surface area contributed by atoms with E-state index in [0.29, 0.717) is 6.54 Å². The van der Waals surface area contributed by atoms with Gasteiger partial charge in [-0.05, 0) is 28.1 Å². The average Bonchev–Trinajstić information content (AvgIpc) is 2.68. The van der Waals surface area contributed by atoms with Gasteiger partial charge in [0.2, 0.25) is 0 Å².